The molecule has 1 aromatic carbocycles. The summed E-state index contributed by atoms with van der Waals surface area (Å²) in [5, 5.41) is 0. The lowest BCUT2D eigenvalue weighted by atomic mass is 10.0. The zero-order valence-electron chi connectivity index (χ0n) is 17.7. The Balaban J connectivity index is 1.40. The van der Waals surface area contributed by atoms with Gasteiger partial charge in [0.1, 0.15) is 5.69 Å². The summed E-state index contributed by atoms with van der Waals surface area (Å²) in [6.07, 6.45) is 8.17. The first-order valence-electron chi connectivity index (χ1n) is 10.8. The standard InChI is InChI=1S/C26H25N5/c1-19-5-4-6-25(29-19)26-28-12-11-24(30-26)23-15-22(16-27-17-23)21-9-7-20(8-10-21)18-31-13-2-3-14-31/h4-12,15-17H,2-3,13-14,18H2,1H3. The summed E-state index contributed by atoms with van der Waals surface area (Å²) in [7, 11) is 0. The highest BCUT2D eigenvalue weighted by Crippen LogP contribution is 2.26. The maximum Gasteiger partial charge on any atom is 0.178 e. The van der Waals surface area contributed by atoms with Gasteiger partial charge in [0.05, 0.1) is 5.69 Å². The first-order chi connectivity index (χ1) is 15.2. The molecule has 0 amide bonds. The largest absolute Gasteiger partial charge is 0.299 e. The van der Waals surface area contributed by atoms with Crippen molar-refractivity contribution >= 4 is 0 Å². The first kappa shape index (κ1) is 19.5. The second kappa shape index (κ2) is 8.74. The molecule has 5 heteroatoms. The minimum atomic E-state index is 0.623. The third-order valence-electron chi connectivity index (χ3n) is 5.70. The van der Waals surface area contributed by atoms with Gasteiger partial charge in [-0.3, -0.25) is 9.88 Å². The fourth-order valence-corrected chi connectivity index (χ4v) is 4.05. The monoisotopic (exact) mass is 407 g/mol. The van der Waals surface area contributed by atoms with Crippen LogP contribution in [0, 0.1) is 6.92 Å². The lowest BCUT2D eigenvalue weighted by Gasteiger charge is -2.14. The minimum absolute atomic E-state index is 0.623. The number of hydrogen-bond donors (Lipinski definition) is 0. The first-order valence-corrected chi connectivity index (χ1v) is 10.8. The van der Waals surface area contributed by atoms with Gasteiger partial charge in [0, 0.05) is 42.0 Å². The van der Waals surface area contributed by atoms with Crippen molar-refractivity contribution in [3.05, 3.63) is 84.4 Å². The van der Waals surface area contributed by atoms with E-state index in [1.54, 1.807) is 6.20 Å². The Morgan fingerprint density at radius 1 is 0.806 bits per heavy atom. The summed E-state index contributed by atoms with van der Waals surface area (Å²) in [4.78, 5) is 20.7. The van der Waals surface area contributed by atoms with E-state index in [0.29, 0.717) is 5.82 Å². The van der Waals surface area contributed by atoms with Crippen LogP contribution >= 0.6 is 0 Å². The van der Waals surface area contributed by atoms with Gasteiger partial charge in [0.15, 0.2) is 5.82 Å². The van der Waals surface area contributed by atoms with E-state index in [4.69, 9.17) is 4.98 Å². The van der Waals surface area contributed by atoms with Crippen LogP contribution in [0.5, 0.6) is 0 Å². The van der Waals surface area contributed by atoms with E-state index in [0.717, 1.165) is 40.3 Å². The van der Waals surface area contributed by atoms with Gasteiger partial charge in [0.25, 0.3) is 0 Å². The second-order valence-corrected chi connectivity index (χ2v) is 8.07. The lowest BCUT2D eigenvalue weighted by molar-refractivity contribution is 0.331. The molecule has 5 nitrogen and oxygen atoms in total. The molecular formula is C26H25N5. The molecule has 31 heavy (non-hydrogen) atoms. The van der Waals surface area contributed by atoms with Crippen molar-refractivity contribution in [2.24, 2.45) is 0 Å². The number of likely N-dealkylation sites (tertiary alicyclic amines) is 1. The average Bonchev–Trinajstić information content (AvgIpc) is 3.33. The highest BCUT2D eigenvalue weighted by Gasteiger charge is 2.12. The van der Waals surface area contributed by atoms with E-state index in [-0.39, 0.29) is 0 Å². The number of nitrogens with zero attached hydrogens (tertiary/aromatic N) is 5. The molecule has 0 saturated carbocycles. The minimum Gasteiger partial charge on any atom is -0.299 e. The Bertz CT molecular complexity index is 1180. The fourth-order valence-electron chi connectivity index (χ4n) is 4.05. The van der Waals surface area contributed by atoms with Crippen LogP contribution in [0.15, 0.2) is 73.2 Å². The van der Waals surface area contributed by atoms with Gasteiger partial charge in [-0.25, -0.2) is 15.0 Å². The van der Waals surface area contributed by atoms with E-state index in [1.807, 2.05) is 43.6 Å². The van der Waals surface area contributed by atoms with E-state index in [2.05, 4.69) is 50.2 Å². The Morgan fingerprint density at radius 2 is 1.61 bits per heavy atom. The van der Waals surface area contributed by atoms with Crippen LogP contribution in [0.2, 0.25) is 0 Å². The van der Waals surface area contributed by atoms with Gasteiger partial charge >= 0.3 is 0 Å². The maximum absolute atomic E-state index is 4.74. The van der Waals surface area contributed by atoms with Crippen LogP contribution in [0.3, 0.4) is 0 Å². The summed E-state index contributed by atoms with van der Waals surface area (Å²) in [6, 6.07) is 18.8. The van der Waals surface area contributed by atoms with Crippen LogP contribution in [-0.4, -0.2) is 37.9 Å². The molecular weight excluding hydrogens is 382 g/mol. The van der Waals surface area contributed by atoms with E-state index in [1.165, 1.54) is 31.5 Å². The lowest BCUT2D eigenvalue weighted by Crippen LogP contribution is -2.18. The molecule has 0 unspecified atom stereocenters. The van der Waals surface area contributed by atoms with E-state index >= 15 is 0 Å². The van der Waals surface area contributed by atoms with Crippen LogP contribution < -0.4 is 0 Å². The molecule has 0 spiro atoms. The summed E-state index contributed by atoms with van der Waals surface area (Å²) in [6.45, 7) is 5.44. The third-order valence-corrected chi connectivity index (χ3v) is 5.70. The molecule has 1 saturated heterocycles. The summed E-state index contributed by atoms with van der Waals surface area (Å²) in [5.41, 5.74) is 7.14. The van der Waals surface area contributed by atoms with E-state index in [9.17, 15) is 0 Å². The van der Waals surface area contributed by atoms with Crippen molar-refractivity contribution in [3.8, 4) is 33.9 Å². The summed E-state index contributed by atoms with van der Waals surface area (Å²) < 4.78 is 0. The van der Waals surface area contributed by atoms with Crippen molar-refractivity contribution in [1.29, 1.82) is 0 Å². The predicted octanol–water partition coefficient (Wildman–Crippen LogP) is 5.17. The van der Waals surface area contributed by atoms with Crippen LogP contribution in [-0.2, 0) is 6.54 Å². The molecule has 3 aromatic heterocycles. The van der Waals surface area contributed by atoms with Gasteiger partial charge in [-0.05, 0) is 68.2 Å². The van der Waals surface area contributed by atoms with Gasteiger partial charge in [-0.2, -0.15) is 0 Å². The highest BCUT2D eigenvalue weighted by atomic mass is 15.1. The second-order valence-electron chi connectivity index (χ2n) is 8.07. The zero-order valence-corrected chi connectivity index (χ0v) is 17.7. The quantitative estimate of drug-likeness (QED) is 0.457. The summed E-state index contributed by atoms with van der Waals surface area (Å²) >= 11 is 0. The van der Waals surface area contributed by atoms with Gasteiger partial charge in [0.2, 0.25) is 0 Å². The maximum atomic E-state index is 4.74. The number of aromatic nitrogens is 4. The fraction of sp³-hybridized carbons (Fsp3) is 0.231. The molecule has 4 aromatic rings. The number of benzene rings is 1. The van der Waals surface area contributed by atoms with Gasteiger partial charge < -0.3 is 0 Å². The average molecular weight is 408 g/mol. The molecule has 1 fully saturated rings. The molecule has 5 rings (SSSR count). The highest BCUT2D eigenvalue weighted by molar-refractivity contribution is 5.70. The van der Waals surface area contributed by atoms with Crippen molar-refractivity contribution in [1.82, 2.24) is 24.8 Å². The topological polar surface area (TPSA) is 54.8 Å². The third kappa shape index (κ3) is 4.52. The Hall–Kier alpha value is -3.44. The molecule has 0 bridgehead atoms. The molecule has 0 radical (unpaired) electrons. The van der Waals surface area contributed by atoms with Crippen molar-refractivity contribution in [3.63, 3.8) is 0 Å². The van der Waals surface area contributed by atoms with E-state index < -0.39 is 0 Å². The SMILES string of the molecule is Cc1cccc(-c2nccc(-c3cncc(-c4ccc(CN5CCCC5)cc4)c3)n2)n1. The Labute approximate surface area is 182 Å². The van der Waals surface area contributed by atoms with Crippen LogP contribution in [0.1, 0.15) is 24.1 Å². The predicted molar refractivity (Wildman–Crippen MR) is 123 cm³/mol. The van der Waals surface area contributed by atoms with Crippen molar-refractivity contribution in [2.75, 3.05) is 13.1 Å². The van der Waals surface area contributed by atoms with Crippen molar-refractivity contribution < 1.29 is 0 Å². The van der Waals surface area contributed by atoms with Crippen molar-refractivity contribution in [2.45, 2.75) is 26.3 Å². The van der Waals surface area contributed by atoms with Gasteiger partial charge in [-0.1, -0.05) is 30.3 Å². The zero-order chi connectivity index (χ0) is 21.0. The normalized spacial score (nSPS) is 14.1. The Kier molecular flexibility index (Phi) is 5.50. The Morgan fingerprint density at radius 3 is 2.42 bits per heavy atom. The van der Waals surface area contributed by atoms with Crippen LogP contribution in [0.4, 0.5) is 0 Å². The molecule has 0 atom stereocenters. The smallest absolute Gasteiger partial charge is 0.178 e. The molecule has 4 heterocycles. The summed E-state index contributed by atoms with van der Waals surface area (Å²) in [5.74, 6) is 0.623. The molecule has 0 N–H and O–H groups in total. The molecule has 0 aliphatic carbocycles. The number of aryl methyl sites for hydroxylation is 1. The molecule has 1 aliphatic heterocycles. The van der Waals surface area contributed by atoms with Gasteiger partial charge in [-0.15, -0.1) is 0 Å². The van der Waals surface area contributed by atoms with Crippen LogP contribution in [0.25, 0.3) is 33.9 Å². The number of pyridine rings is 2. The number of hydrogen-bond acceptors (Lipinski definition) is 5. The molecule has 1 aliphatic rings. The number of rotatable bonds is 5. The molecule has 154 valence electrons.